The molecule has 0 atom stereocenters. The average molecular weight is 209 g/mol. The number of hydrogen-bond donors (Lipinski definition) is 0. The molecule has 0 aliphatic heterocycles. The maximum atomic E-state index is 5.86. The lowest BCUT2D eigenvalue weighted by Crippen LogP contribution is -2.08. The van der Waals surface area contributed by atoms with E-state index in [1.54, 1.807) is 0 Å². The quantitative estimate of drug-likeness (QED) is 0.696. The Balaban J connectivity index is 3.27. The molecule has 0 spiro atoms. The SMILES string of the molecule is C=Nc1ccc(N(C)C)cc1C(=C)Cl. The van der Waals surface area contributed by atoms with Crippen molar-refractivity contribution in [3.63, 3.8) is 0 Å². The van der Waals surface area contributed by atoms with Crippen LogP contribution >= 0.6 is 11.6 Å². The molecule has 0 amide bonds. The molecule has 0 saturated carbocycles. The van der Waals surface area contributed by atoms with Gasteiger partial charge >= 0.3 is 0 Å². The number of anilines is 1. The summed E-state index contributed by atoms with van der Waals surface area (Å²) < 4.78 is 0. The van der Waals surface area contributed by atoms with Crippen molar-refractivity contribution in [2.24, 2.45) is 4.99 Å². The number of halogens is 1. The second-order valence-electron chi connectivity index (χ2n) is 3.16. The van der Waals surface area contributed by atoms with Gasteiger partial charge in [0.25, 0.3) is 0 Å². The first-order chi connectivity index (χ1) is 6.56. The molecule has 1 aromatic carbocycles. The molecule has 0 aliphatic rings. The fraction of sp³-hybridized carbons (Fsp3) is 0.182. The lowest BCUT2D eigenvalue weighted by atomic mass is 10.1. The van der Waals surface area contributed by atoms with Gasteiger partial charge in [0.2, 0.25) is 0 Å². The van der Waals surface area contributed by atoms with Crippen molar-refractivity contribution in [1.29, 1.82) is 0 Å². The molecule has 3 heteroatoms. The third-order valence-electron chi connectivity index (χ3n) is 1.96. The number of aliphatic imine (C=N–C) groups is 1. The molecule has 74 valence electrons. The summed E-state index contributed by atoms with van der Waals surface area (Å²) in [6.07, 6.45) is 0. The highest BCUT2D eigenvalue weighted by Crippen LogP contribution is 2.30. The Bertz CT molecular complexity index is 370. The maximum absolute atomic E-state index is 5.86. The van der Waals surface area contributed by atoms with E-state index in [0.717, 1.165) is 16.9 Å². The van der Waals surface area contributed by atoms with Crippen molar-refractivity contribution in [3.05, 3.63) is 30.3 Å². The van der Waals surface area contributed by atoms with E-state index in [1.807, 2.05) is 37.2 Å². The number of benzene rings is 1. The van der Waals surface area contributed by atoms with Gasteiger partial charge in [-0.3, -0.25) is 4.99 Å². The zero-order chi connectivity index (χ0) is 10.7. The van der Waals surface area contributed by atoms with E-state index < -0.39 is 0 Å². The van der Waals surface area contributed by atoms with Gasteiger partial charge in [-0.2, -0.15) is 0 Å². The Morgan fingerprint density at radius 3 is 2.50 bits per heavy atom. The van der Waals surface area contributed by atoms with Crippen LogP contribution in [0.25, 0.3) is 5.03 Å². The molecule has 0 saturated heterocycles. The van der Waals surface area contributed by atoms with Crippen LogP contribution in [-0.4, -0.2) is 20.8 Å². The Kier molecular flexibility index (Phi) is 3.31. The molecular formula is C11H13ClN2. The van der Waals surface area contributed by atoms with E-state index in [-0.39, 0.29) is 0 Å². The van der Waals surface area contributed by atoms with Gasteiger partial charge in [-0.1, -0.05) is 18.2 Å². The third kappa shape index (κ3) is 2.15. The summed E-state index contributed by atoms with van der Waals surface area (Å²) in [6, 6.07) is 5.79. The van der Waals surface area contributed by atoms with Crippen LogP contribution in [0, 0.1) is 0 Å². The van der Waals surface area contributed by atoms with Crippen LogP contribution in [0.15, 0.2) is 29.8 Å². The minimum absolute atomic E-state index is 0.483. The topological polar surface area (TPSA) is 15.6 Å². The summed E-state index contributed by atoms with van der Waals surface area (Å²) in [7, 11) is 3.94. The van der Waals surface area contributed by atoms with Crippen LogP contribution in [0.5, 0.6) is 0 Å². The number of rotatable bonds is 3. The predicted molar refractivity (Wildman–Crippen MR) is 64.9 cm³/mol. The van der Waals surface area contributed by atoms with Crippen LogP contribution in [0.3, 0.4) is 0 Å². The van der Waals surface area contributed by atoms with Crippen LogP contribution < -0.4 is 4.90 Å². The Labute approximate surface area is 89.5 Å². The lowest BCUT2D eigenvalue weighted by Gasteiger charge is -2.14. The van der Waals surface area contributed by atoms with E-state index in [4.69, 9.17) is 11.6 Å². The molecule has 1 aromatic rings. The summed E-state index contributed by atoms with van der Waals surface area (Å²) in [5.74, 6) is 0. The van der Waals surface area contributed by atoms with Gasteiger partial charge in [0.1, 0.15) is 0 Å². The van der Waals surface area contributed by atoms with E-state index in [2.05, 4.69) is 18.3 Å². The van der Waals surface area contributed by atoms with Crippen molar-refractivity contribution in [3.8, 4) is 0 Å². The first-order valence-corrected chi connectivity index (χ1v) is 4.57. The van der Waals surface area contributed by atoms with Gasteiger partial charge < -0.3 is 4.90 Å². The van der Waals surface area contributed by atoms with Gasteiger partial charge in [-0.15, -0.1) is 0 Å². The van der Waals surface area contributed by atoms with Crippen LogP contribution in [-0.2, 0) is 0 Å². The summed E-state index contributed by atoms with van der Waals surface area (Å²) in [4.78, 5) is 5.87. The van der Waals surface area contributed by atoms with Crippen molar-refractivity contribution >= 4 is 34.7 Å². The number of hydrogen-bond acceptors (Lipinski definition) is 2. The molecule has 0 radical (unpaired) electrons. The molecule has 0 heterocycles. The molecule has 0 bridgehead atoms. The van der Waals surface area contributed by atoms with E-state index in [1.165, 1.54) is 0 Å². The van der Waals surface area contributed by atoms with Crippen molar-refractivity contribution < 1.29 is 0 Å². The summed E-state index contributed by atoms with van der Waals surface area (Å²) in [5.41, 5.74) is 2.65. The molecule has 0 aromatic heterocycles. The molecular weight excluding hydrogens is 196 g/mol. The molecule has 0 unspecified atom stereocenters. The first-order valence-electron chi connectivity index (χ1n) is 4.19. The zero-order valence-electron chi connectivity index (χ0n) is 8.42. The highest BCUT2D eigenvalue weighted by Gasteiger charge is 2.05. The predicted octanol–water partition coefficient (Wildman–Crippen LogP) is 3.29. The second kappa shape index (κ2) is 4.29. The fourth-order valence-corrected chi connectivity index (χ4v) is 1.31. The second-order valence-corrected chi connectivity index (χ2v) is 3.62. The minimum atomic E-state index is 0.483. The monoisotopic (exact) mass is 208 g/mol. The molecule has 1 rings (SSSR count). The largest absolute Gasteiger partial charge is 0.378 e. The Hall–Kier alpha value is -1.28. The van der Waals surface area contributed by atoms with Crippen molar-refractivity contribution in [1.82, 2.24) is 0 Å². The molecule has 14 heavy (non-hydrogen) atoms. The van der Waals surface area contributed by atoms with Gasteiger partial charge in [-0.25, -0.2) is 0 Å². The van der Waals surface area contributed by atoms with E-state index in [9.17, 15) is 0 Å². The maximum Gasteiger partial charge on any atom is 0.0710 e. The molecule has 0 aliphatic carbocycles. The highest BCUT2D eigenvalue weighted by atomic mass is 35.5. The highest BCUT2D eigenvalue weighted by molar-refractivity contribution is 6.48. The van der Waals surface area contributed by atoms with E-state index in [0.29, 0.717) is 5.03 Å². The fourth-order valence-electron chi connectivity index (χ4n) is 1.16. The Morgan fingerprint density at radius 1 is 1.43 bits per heavy atom. The minimum Gasteiger partial charge on any atom is -0.378 e. The average Bonchev–Trinajstić information content (AvgIpc) is 2.16. The van der Waals surface area contributed by atoms with Gasteiger partial charge in [0.05, 0.1) is 5.69 Å². The van der Waals surface area contributed by atoms with Crippen LogP contribution in [0.2, 0.25) is 0 Å². The zero-order valence-corrected chi connectivity index (χ0v) is 9.17. The molecule has 0 fully saturated rings. The molecule has 0 N–H and O–H groups in total. The van der Waals surface area contributed by atoms with Crippen LogP contribution in [0.1, 0.15) is 5.56 Å². The first kappa shape index (κ1) is 10.8. The molecule has 2 nitrogen and oxygen atoms in total. The van der Waals surface area contributed by atoms with Gasteiger partial charge in [0, 0.05) is 30.4 Å². The third-order valence-corrected chi connectivity index (χ3v) is 2.16. The summed E-state index contributed by atoms with van der Waals surface area (Å²) in [5, 5.41) is 0.483. The summed E-state index contributed by atoms with van der Waals surface area (Å²) in [6.45, 7) is 7.18. The summed E-state index contributed by atoms with van der Waals surface area (Å²) >= 11 is 5.86. The van der Waals surface area contributed by atoms with Crippen molar-refractivity contribution in [2.75, 3.05) is 19.0 Å². The lowest BCUT2D eigenvalue weighted by molar-refractivity contribution is 1.13. The van der Waals surface area contributed by atoms with E-state index >= 15 is 0 Å². The number of nitrogens with zero attached hydrogens (tertiary/aromatic N) is 2. The van der Waals surface area contributed by atoms with Gasteiger partial charge in [-0.05, 0) is 24.9 Å². The van der Waals surface area contributed by atoms with Crippen LogP contribution in [0.4, 0.5) is 11.4 Å². The normalized spacial score (nSPS) is 9.64. The van der Waals surface area contributed by atoms with Crippen molar-refractivity contribution in [2.45, 2.75) is 0 Å². The standard InChI is InChI=1S/C11H13ClN2/c1-8(12)10-7-9(14(3)4)5-6-11(10)13-2/h5-7H,1-2H2,3-4H3. The smallest absolute Gasteiger partial charge is 0.0710 e. The Morgan fingerprint density at radius 2 is 2.07 bits per heavy atom. The van der Waals surface area contributed by atoms with Gasteiger partial charge in [0.15, 0.2) is 0 Å².